The van der Waals surface area contributed by atoms with E-state index in [-0.39, 0.29) is 31.0 Å². The van der Waals surface area contributed by atoms with E-state index in [1.54, 1.807) is 0 Å². The van der Waals surface area contributed by atoms with Crippen molar-refractivity contribution >= 4 is 29.2 Å². The van der Waals surface area contributed by atoms with Gasteiger partial charge in [-0.25, -0.2) is 4.79 Å². The maximum absolute atomic E-state index is 12.4. The van der Waals surface area contributed by atoms with Crippen LogP contribution in [0.4, 0.5) is 4.79 Å². The zero-order chi connectivity index (χ0) is 19.4. The van der Waals surface area contributed by atoms with Crippen molar-refractivity contribution < 1.29 is 19.5 Å². The van der Waals surface area contributed by atoms with E-state index in [0.29, 0.717) is 5.92 Å². The number of hydrogen-bond acceptors (Lipinski definition) is 5. The summed E-state index contributed by atoms with van der Waals surface area (Å²) >= 11 is 1.46. The molecule has 0 saturated heterocycles. The Bertz CT molecular complexity index is 671. The quantitative estimate of drug-likeness (QED) is 0.476. The van der Waals surface area contributed by atoms with Gasteiger partial charge in [0.15, 0.2) is 0 Å². The SMILES string of the molecule is NC(=O)NC(CC(=O)NC1CC(N(CC(=O)O)CC2CC2)C1)c1cccs1. The van der Waals surface area contributed by atoms with Crippen molar-refractivity contribution in [3.63, 3.8) is 0 Å². The smallest absolute Gasteiger partial charge is 0.317 e. The van der Waals surface area contributed by atoms with Crippen molar-refractivity contribution in [1.82, 2.24) is 15.5 Å². The summed E-state index contributed by atoms with van der Waals surface area (Å²) in [5.74, 6) is -0.318. The predicted octanol–water partition coefficient (Wildman–Crippen LogP) is 1.29. The van der Waals surface area contributed by atoms with Crippen LogP contribution in [0, 0.1) is 5.92 Å². The Hall–Kier alpha value is -2.13. The van der Waals surface area contributed by atoms with Crippen LogP contribution in [0.1, 0.15) is 43.0 Å². The van der Waals surface area contributed by atoms with Crippen LogP contribution in [0.2, 0.25) is 0 Å². The van der Waals surface area contributed by atoms with Gasteiger partial charge < -0.3 is 21.5 Å². The second-order valence-corrected chi connectivity index (χ2v) is 8.42. The number of carbonyl (C=O) groups is 3. The zero-order valence-electron chi connectivity index (χ0n) is 15.1. The van der Waals surface area contributed by atoms with Gasteiger partial charge in [-0.15, -0.1) is 11.3 Å². The maximum Gasteiger partial charge on any atom is 0.317 e. The number of rotatable bonds is 10. The Balaban J connectivity index is 1.45. The number of nitrogens with zero attached hydrogens (tertiary/aromatic N) is 1. The number of aliphatic carboxylic acids is 1. The van der Waals surface area contributed by atoms with E-state index in [0.717, 1.165) is 24.3 Å². The molecule has 1 aromatic rings. The second-order valence-electron chi connectivity index (χ2n) is 7.44. The fraction of sp³-hybridized carbons (Fsp3) is 0.611. The number of nitrogens with one attached hydrogen (secondary N) is 2. The van der Waals surface area contributed by atoms with Crippen molar-refractivity contribution in [1.29, 1.82) is 0 Å². The van der Waals surface area contributed by atoms with Gasteiger partial charge in [0, 0.05) is 23.5 Å². The standard InChI is InChI=1S/C18H26N4O4S/c19-18(26)21-14(15-2-1-5-27-15)8-16(23)20-12-6-13(7-12)22(10-17(24)25)9-11-3-4-11/h1-2,5,11-14H,3-4,6-10H2,(H,20,23)(H,24,25)(H3,19,21,26). The summed E-state index contributed by atoms with van der Waals surface area (Å²) in [7, 11) is 0. The Morgan fingerprint density at radius 1 is 1.33 bits per heavy atom. The Kier molecular flexibility index (Phi) is 6.33. The number of hydrogen-bond donors (Lipinski definition) is 4. The lowest BCUT2D eigenvalue weighted by atomic mass is 9.85. The lowest BCUT2D eigenvalue weighted by molar-refractivity contribution is -0.140. The van der Waals surface area contributed by atoms with Gasteiger partial charge in [-0.05, 0) is 43.0 Å². The molecule has 5 N–H and O–H groups in total. The van der Waals surface area contributed by atoms with Crippen molar-refractivity contribution in [2.75, 3.05) is 13.1 Å². The molecule has 3 rings (SSSR count). The molecule has 1 aromatic heterocycles. The van der Waals surface area contributed by atoms with Gasteiger partial charge in [-0.2, -0.15) is 0 Å². The topological polar surface area (TPSA) is 125 Å². The van der Waals surface area contributed by atoms with Crippen LogP contribution in [0.5, 0.6) is 0 Å². The molecule has 0 aromatic carbocycles. The van der Waals surface area contributed by atoms with Crippen LogP contribution in [-0.4, -0.2) is 53.1 Å². The molecule has 1 unspecified atom stereocenters. The fourth-order valence-electron chi connectivity index (χ4n) is 3.51. The lowest BCUT2D eigenvalue weighted by Gasteiger charge is -2.42. The highest BCUT2D eigenvalue weighted by molar-refractivity contribution is 7.10. The van der Waals surface area contributed by atoms with Gasteiger partial charge in [-0.1, -0.05) is 6.07 Å². The summed E-state index contributed by atoms with van der Waals surface area (Å²) < 4.78 is 0. The molecular weight excluding hydrogens is 368 g/mol. The van der Waals surface area contributed by atoms with E-state index in [1.807, 2.05) is 22.4 Å². The molecule has 2 fully saturated rings. The normalized spacial score (nSPS) is 22.7. The summed E-state index contributed by atoms with van der Waals surface area (Å²) in [5.41, 5.74) is 5.22. The highest BCUT2D eigenvalue weighted by Crippen LogP contribution is 2.34. The average molecular weight is 394 g/mol. The summed E-state index contributed by atoms with van der Waals surface area (Å²) in [5, 5.41) is 16.6. The summed E-state index contributed by atoms with van der Waals surface area (Å²) in [6.07, 6.45) is 4.02. The average Bonchev–Trinajstić information content (AvgIpc) is 3.18. The van der Waals surface area contributed by atoms with E-state index in [9.17, 15) is 14.4 Å². The van der Waals surface area contributed by atoms with Gasteiger partial charge >= 0.3 is 12.0 Å². The first-order chi connectivity index (χ1) is 12.9. The van der Waals surface area contributed by atoms with Crippen LogP contribution in [-0.2, 0) is 9.59 Å². The monoisotopic (exact) mass is 394 g/mol. The Labute approximate surface area is 162 Å². The van der Waals surface area contributed by atoms with E-state index >= 15 is 0 Å². The number of urea groups is 1. The van der Waals surface area contributed by atoms with Crippen molar-refractivity contribution in [2.45, 2.75) is 50.2 Å². The van der Waals surface area contributed by atoms with Crippen molar-refractivity contribution in [2.24, 2.45) is 11.7 Å². The first kappa shape index (κ1) is 19.6. The molecule has 0 bridgehead atoms. The minimum absolute atomic E-state index is 0.0514. The molecule has 2 aliphatic carbocycles. The number of carbonyl (C=O) groups excluding carboxylic acids is 2. The van der Waals surface area contributed by atoms with Crippen LogP contribution in [0.15, 0.2) is 17.5 Å². The number of thiophene rings is 1. The molecule has 0 aliphatic heterocycles. The first-order valence-electron chi connectivity index (χ1n) is 9.25. The highest BCUT2D eigenvalue weighted by Gasteiger charge is 2.37. The molecule has 2 aliphatic rings. The largest absolute Gasteiger partial charge is 0.480 e. The molecule has 1 atom stereocenters. The third-order valence-electron chi connectivity index (χ3n) is 5.12. The van der Waals surface area contributed by atoms with Gasteiger partial charge in [0.05, 0.1) is 19.0 Å². The molecule has 2 saturated carbocycles. The third-order valence-corrected chi connectivity index (χ3v) is 6.10. The molecule has 0 radical (unpaired) electrons. The van der Waals surface area contributed by atoms with Crippen molar-refractivity contribution in [3.05, 3.63) is 22.4 Å². The fourth-order valence-corrected chi connectivity index (χ4v) is 4.29. The van der Waals surface area contributed by atoms with E-state index < -0.39 is 18.0 Å². The maximum atomic E-state index is 12.4. The molecule has 148 valence electrons. The molecule has 3 amide bonds. The highest BCUT2D eigenvalue weighted by atomic mass is 32.1. The third kappa shape index (κ3) is 5.93. The molecule has 8 nitrogen and oxygen atoms in total. The molecule has 1 heterocycles. The van der Waals surface area contributed by atoms with Gasteiger partial charge in [-0.3, -0.25) is 14.5 Å². The van der Waals surface area contributed by atoms with Crippen molar-refractivity contribution in [3.8, 4) is 0 Å². The van der Waals surface area contributed by atoms with Crippen LogP contribution in [0.25, 0.3) is 0 Å². The molecular formula is C18H26N4O4S. The van der Waals surface area contributed by atoms with Gasteiger partial charge in [0.25, 0.3) is 0 Å². The van der Waals surface area contributed by atoms with E-state index in [2.05, 4.69) is 10.6 Å². The first-order valence-corrected chi connectivity index (χ1v) is 10.1. The van der Waals surface area contributed by atoms with Crippen LogP contribution in [0.3, 0.4) is 0 Å². The predicted molar refractivity (Wildman–Crippen MR) is 101 cm³/mol. The van der Waals surface area contributed by atoms with E-state index in [4.69, 9.17) is 10.8 Å². The minimum Gasteiger partial charge on any atom is -0.480 e. The lowest BCUT2D eigenvalue weighted by Crippen LogP contribution is -2.55. The van der Waals surface area contributed by atoms with E-state index in [1.165, 1.54) is 24.2 Å². The Morgan fingerprint density at radius 3 is 2.63 bits per heavy atom. The molecule has 9 heteroatoms. The number of nitrogens with two attached hydrogens (primary N) is 1. The summed E-state index contributed by atoms with van der Waals surface area (Å²) in [4.78, 5) is 37.6. The number of amides is 3. The summed E-state index contributed by atoms with van der Waals surface area (Å²) in [6.45, 7) is 0.894. The minimum atomic E-state index is -0.806. The van der Waals surface area contributed by atoms with Crippen LogP contribution < -0.4 is 16.4 Å². The second kappa shape index (κ2) is 8.71. The molecule has 0 spiro atoms. The summed E-state index contributed by atoms with van der Waals surface area (Å²) in [6, 6.07) is 2.89. The van der Waals surface area contributed by atoms with Crippen LogP contribution >= 0.6 is 11.3 Å². The molecule has 27 heavy (non-hydrogen) atoms. The van der Waals surface area contributed by atoms with Gasteiger partial charge in [0.1, 0.15) is 0 Å². The Morgan fingerprint density at radius 2 is 2.07 bits per heavy atom. The number of carboxylic acid groups (broad SMARTS) is 1. The number of primary amides is 1. The van der Waals surface area contributed by atoms with Gasteiger partial charge in [0.2, 0.25) is 5.91 Å². The number of carboxylic acids is 1. The zero-order valence-corrected chi connectivity index (χ0v) is 15.9.